The van der Waals surface area contributed by atoms with Crippen molar-refractivity contribution in [3.05, 3.63) is 176 Å². The van der Waals surface area contributed by atoms with E-state index in [9.17, 15) is 0 Å². The maximum Gasteiger partial charge on any atom is 0.0540 e. The van der Waals surface area contributed by atoms with Gasteiger partial charge in [-0.15, -0.1) is 0 Å². The first-order valence-corrected chi connectivity index (χ1v) is 16.3. The van der Waals surface area contributed by atoms with Crippen molar-refractivity contribution in [3.8, 4) is 22.3 Å². The first kappa shape index (κ1) is 26.1. The predicted molar refractivity (Wildman–Crippen MR) is 202 cm³/mol. The molecule has 0 saturated carbocycles. The molecule has 0 aliphatic rings. The maximum atomic E-state index is 2.43. The van der Waals surface area contributed by atoms with Crippen LogP contribution in [0.15, 0.2) is 176 Å². The van der Waals surface area contributed by atoms with Crippen LogP contribution in [-0.4, -0.2) is 0 Å². The zero-order chi connectivity index (χ0) is 30.9. The van der Waals surface area contributed by atoms with Gasteiger partial charge in [-0.1, -0.05) is 146 Å². The predicted octanol–water partition coefficient (Wildman–Crippen LogP) is 13.1. The molecule has 0 N–H and O–H groups in total. The molecule has 0 aliphatic heterocycles. The molecule has 0 bridgehead atoms. The Morgan fingerprint density at radius 1 is 0.255 bits per heavy atom. The Hall–Kier alpha value is -6.18. The van der Waals surface area contributed by atoms with E-state index in [-0.39, 0.29) is 0 Å². The molecule has 10 rings (SSSR count). The highest BCUT2D eigenvalue weighted by atomic mass is 15.1. The molecule has 0 unspecified atom stereocenters. The van der Waals surface area contributed by atoms with Crippen LogP contribution in [0.2, 0.25) is 0 Å². The van der Waals surface area contributed by atoms with Crippen LogP contribution in [-0.2, 0) is 0 Å². The summed E-state index contributed by atoms with van der Waals surface area (Å²) in [4.78, 5) is 2.43. The Balaban J connectivity index is 1.24. The number of rotatable bonds is 5. The molecular formula is C46H29N. The molecule has 0 amide bonds. The highest BCUT2D eigenvalue weighted by Gasteiger charge is 2.22. The molecule has 47 heavy (non-hydrogen) atoms. The normalized spacial score (nSPS) is 11.8. The standard InChI is InChI=1S/C46H29N/c1-3-8-30(9-4-1)32-18-23-37(24-19-32)47(38-25-20-33(21-26-38)31-10-5-2-6-11-31)42-29-28-40-39-13-7-12-34-14-15-35-16-17-36-22-27-41(42)46(40)45(36)44(35)43(34)39/h1-29H. The van der Waals surface area contributed by atoms with E-state index in [1.165, 1.54) is 81.8 Å². The van der Waals surface area contributed by atoms with E-state index in [1.54, 1.807) is 0 Å². The van der Waals surface area contributed by atoms with Gasteiger partial charge in [0.1, 0.15) is 0 Å². The third-order valence-electron chi connectivity index (χ3n) is 9.96. The molecule has 1 heteroatoms. The summed E-state index contributed by atoms with van der Waals surface area (Å²) in [6, 6.07) is 64.4. The van der Waals surface area contributed by atoms with E-state index in [4.69, 9.17) is 0 Å². The third kappa shape index (κ3) is 3.97. The van der Waals surface area contributed by atoms with Crippen molar-refractivity contribution in [3.63, 3.8) is 0 Å². The van der Waals surface area contributed by atoms with Crippen LogP contribution in [0, 0.1) is 0 Å². The summed E-state index contributed by atoms with van der Waals surface area (Å²) in [6.45, 7) is 0. The number of hydrogen-bond donors (Lipinski definition) is 0. The lowest BCUT2D eigenvalue weighted by molar-refractivity contribution is 1.30. The molecule has 0 aliphatic carbocycles. The van der Waals surface area contributed by atoms with Crippen molar-refractivity contribution < 1.29 is 0 Å². The first-order valence-electron chi connectivity index (χ1n) is 16.3. The van der Waals surface area contributed by atoms with Gasteiger partial charge in [0, 0.05) is 22.1 Å². The van der Waals surface area contributed by atoms with Crippen molar-refractivity contribution in [2.45, 2.75) is 0 Å². The highest BCUT2D eigenvalue weighted by molar-refractivity contribution is 6.40. The van der Waals surface area contributed by atoms with Gasteiger partial charge in [0.25, 0.3) is 0 Å². The van der Waals surface area contributed by atoms with E-state index in [2.05, 4.69) is 181 Å². The van der Waals surface area contributed by atoms with Gasteiger partial charge in [0.15, 0.2) is 0 Å². The second-order valence-electron chi connectivity index (χ2n) is 12.5. The Kier molecular flexibility index (Phi) is 5.64. The van der Waals surface area contributed by atoms with Crippen LogP contribution < -0.4 is 4.90 Å². The molecule has 0 radical (unpaired) electrons. The molecule has 0 spiro atoms. The molecule has 0 heterocycles. The van der Waals surface area contributed by atoms with E-state index in [0.717, 1.165) is 11.4 Å². The van der Waals surface area contributed by atoms with Crippen LogP contribution in [0.25, 0.3) is 76.1 Å². The van der Waals surface area contributed by atoms with Crippen molar-refractivity contribution in [1.29, 1.82) is 0 Å². The Labute approximate surface area is 273 Å². The second kappa shape index (κ2) is 10.2. The molecule has 0 atom stereocenters. The van der Waals surface area contributed by atoms with Crippen molar-refractivity contribution >= 4 is 70.9 Å². The lowest BCUT2D eigenvalue weighted by atomic mass is 9.85. The van der Waals surface area contributed by atoms with Gasteiger partial charge in [0.2, 0.25) is 0 Å². The number of hydrogen-bond acceptors (Lipinski definition) is 1. The summed E-state index contributed by atoms with van der Waals surface area (Å²) in [5.41, 5.74) is 8.29. The SMILES string of the molecule is c1ccc(-c2ccc(N(c3ccc(-c4ccccc4)cc3)c3ccc4c5cccc6ccc7ccc8ccc3c4c8c7c65)cc2)cc1. The van der Waals surface area contributed by atoms with Gasteiger partial charge in [-0.3, -0.25) is 0 Å². The average Bonchev–Trinajstić information content (AvgIpc) is 3.15. The van der Waals surface area contributed by atoms with Crippen molar-refractivity contribution in [2.75, 3.05) is 4.90 Å². The van der Waals surface area contributed by atoms with Crippen LogP contribution in [0.1, 0.15) is 0 Å². The zero-order valence-electron chi connectivity index (χ0n) is 25.7. The summed E-state index contributed by atoms with van der Waals surface area (Å²) >= 11 is 0. The second-order valence-corrected chi connectivity index (χ2v) is 12.5. The van der Waals surface area contributed by atoms with E-state index < -0.39 is 0 Å². The number of anilines is 3. The monoisotopic (exact) mass is 595 g/mol. The lowest BCUT2D eigenvalue weighted by Gasteiger charge is -2.28. The van der Waals surface area contributed by atoms with Gasteiger partial charge in [-0.2, -0.15) is 0 Å². The molecule has 10 aromatic rings. The fourth-order valence-electron chi connectivity index (χ4n) is 7.78. The Bertz CT molecular complexity index is 2600. The number of benzene rings is 10. The summed E-state index contributed by atoms with van der Waals surface area (Å²) < 4.78 is 0. The number of nitrogens with zero attached hydrogens (tertiary/aromatic N) is 1. The average molecular weight is 596 g/mol. The van der Waals surface area contributed by atoms with Crippen LogP contribution in [0.5, 0.6) is 0 Å². The Morgan fingerprint density at radius 2 is 0.702 bits per heavy atom. The minimum absolute atomic E-state index is 1.13. The van der Waals surface area contributed by atoms with Gasteiger partial charge in [0.05, 0.1) is 5.69 Å². The van der Waals surface area contributed by atoms with E-state index in [1.807, 2.05) is 0 Å². The zero-order valence-corrected chi connectivity index (χ0v) is 25.7. The molecule has 0 saturated heterocycles. The minimum atomic E-state index is 1.13. The van der Waals surface area contributed by atoms with Crippen LogP contribution in [0.4, 0.5) is 17.1 Å². The largest absolute Gasteiger partial charge is 0.310 e. The van der Waals surface area contributed by atoms with E-state index >= 15 is 0 Å². The van der Waals surface area contributed by atoms with E-state index in [0.29, 0.717) is 0 Å². The maximum absolute atomic E-state index is 2.43. The Morgan fingerprint density at radius 3 is 1.28 bits per heavy atom. The summed E-state index contributed by atoms with van der Waals surface area (Å²) in [7, 11) is 0. The molecule has 10 aromatic carbocycles. The summed E-state index contributed by atoms with van der Waals surface area (Å²) in [5.74, 6) is 0. The lowest BCUT2D eigenvalue weighted by Crippen LogP contribution is -2.10. The molecule has 0 fully saturated rings. The smallest absolute Gasteiger partial charge is 0.0540 e. The van der Waals surface area contributed by atoms with Gasteiger partial charge < -0.3 is 4.90 Å². The summed E-state index contributed by atoms with van der Waals surface area (Å²) in [5, 5.41) is 13.2. The molecule has 0 aromatic heterocycles. The molecule has 218 valence electrons. The fourth-order valence-corrected chi connectivity index (χ4v) is 7.78. The number of fused-ring (bicyclic) bond motifs is 1. The van der Waals surface area contributed by atoms with Gasteiger partial charge in [-0.25, -0.2) is 0 Å². The van der Waals surface area contributed by atoms with Crippen LogP contribution >= 0.6 is 0 Å². The first-order chi connectivity index (χ1) is 23.3. The third-order valence-corrected chi connectivity index (χ3v) is 9.96. The van der Waals surface area contributed by atoms with Crippen LogP contribution in [0.3, 0.4) is 0 Å². The molecular weight excluding hydrogens is 567 g/mol. The minimum Gasteiger partial charge on any atom is -0.310 e. The van der Waals surface area contributed by atoms with Gasteiger partial charge in [-0.05, 0) is 95.7 Å². The van der Waals surface area contributed by atoms with Crippen molar-refractivity contribution in [1.82, 2.24) is 0 Å². The summed E-state index contributed by atoms with van der Waals surface area (Å²) in [6.07, 6.45) is 0. The topological polar surface area (TPSA) is 3.24 Å². The van der Waals surface area contributed by atoms with Gasteiger partial charge >= 0.3 is 0 Å². The fraction of sp³-hybridized carbons (Fsp3) is 0. The van der Waals surface area contributed by atoms with Crippen molar-refractivity contribution in [2.24, 2.45) is 0 Å². The highest BCUT2D eigenvalue weighted by Crippen LogP contribution is 2.49. The quantitative estimate of drug-likeness (QED) is 0.141. The molecule has 1 nitrogen and oxygen atoms in total.